The first-order valence-corrected chi connectivity index (χ1v) is 14.0. The Morgan fingerprint density at radius 3 is 2.57 bits per heavy atom. The summed E-state index contributed by atoms with van der Waals surface area (Å²) in [5.74, 6) is 2.89. The second kappa shape index (κ2) is 11.5. The minimum absolute atomic E-state index is 0.0129. The zero-order valence-corrected chi connectivity index (χ0v) is 19.7. The van der Waals surface area contributed by atoms with Gasteiger partial charge in [-0.25, -0.2) is 0 Å². The highest BCUT2D eigenvalue weighted by molar-refractivity contribution is 8.12. The van der Waals surface area contributed by atoms with E-state index in [0.29, 0.717) is 18.1 Å². The molecule has 4 rings (SSSR count). The second-order valence-corrected chi connectivity index (χ2v) is 11.9. The molecule has 0 N–H and O–H groups in total. The first kappa shape index (κ1) is 22.1. The fourth-order valence-corrected chi connectivity index (χ4v) is 7.55. The molecule has 160 valence electrons. The molecule has 0 bridgehead atoms. The molecule has 2 atom stereocenters. The molecule has 2 aromatic rings. The molecule has 0 aromatic heterocycles. The van der Waals surface area contributed by atoms with Crippen molar-refractivity contribution in [2.75, 3.05) is 6.61 Å². The molecule has 2 aromatic carbocycles. The van der Waals surface area contributed by atoms with Crippen LogP contribution in [-0.2, 0) is 27.4 Å². The van der Waals surface area contributed by atoms with Gasteiger partial charge in [0.15, 0.2) is 4.58 Å². The Morgan fingerprint density at radius 1 is 1.03 bits per heavy atom. The zero-order valence-electron chi connectivity index (χ0n) is 17.2. The molecular weight excluding hydrogens is 430 g/mol. The van der Waals surface area contributed by atoms with Crippen LogP contribution in [0.15, 0.2) is 63.9 Å². The van der Waals surface area contributed by atoms with Crippen molar-refractivity contribution in [2.24, 2.45) is 10.3 Å². The van der Waals surface area contributed by atoms with Crippen molar-refractivity contribution in [1.29, 1.82) is 0 Å². The maximum absolute atomic E-state index is 13.1. The number of hydrogen-bond donors (Lipinski definition) is 0. The van der Waals surface area contributed by atoms with Gasteiger partial charge >= 0.3 is 0 Å². The number of ether oxygens (including phenoxy) is 1. The third-order valence-corrected chi connectivity index (χ3v) is 9.88. The van der Waals surface area contributed by atoms with Crippen LogP contribution in [0.1, 0.15) is 49.7 Å². The number of rotatable bonds is 6. The number of hydrogen-bond acceptors (Lipinski definition) is 5. The molecule has 6 heteroatoms. The van der Waals surface area contributed by atoms with Gasteiger partial charge in [-0.1, -0.05) is 61.7 Å². The lowest BCUT2D eigenvalue weighted by molar-refractivity contribution is 0.196. The molecule has 0 saturated heterocycles. The first-order chi connectivity index (χ1) is 14.8. The summed E-state index contributed by atoms with van der Waals surface area (Å²) >= 11 is 2.29. The maximum atomic E-state index is 13.1. The molecule has 2 aliphatic rings. The fourth-order valence-electron chi connectivity index (χ4n) is 3.91. The van der Waals surface area contributed by atoms with E-state index in [9.17, 15) is 4.55 Å². The van der Waals surface area contributed by atoms with E-state index in [1.807, 2.05) is 24.3 Å². The second-order valence-electron chi connectivity index (χ2n) is 7.94. The van der Waals surface area contributed by atoms with Gasteiger partial charge in [0, 0.05) is 28.2 Å². The molecule has 30 heavy (non-hydrogen) atoms. The van der Waals surface area contributed by atoms with Crippen LogP contribution >= 0.6 is 23.7 Å². The van der Waals surface area contributed by atoms with E-state index in [-0.39, 0.29) is 4.58 Å². The van der Waals surface area contributed by atoms with Crippen LogP contribution < -0.4 is 0 Å². The van der Waals surface area contributed by atoms with Gasteiger partial charge in [-0.3, -0.25) is 0 Å². The number of benzene rings is 2. The molecule has 0 spiro atoms. The van der Waals surface area contributed by atoms with Crippen LogP contribution in [0.5, 0.6) is 0 Å². The highest BCUT2D eigenvalue weighted by Crippen LogP contribution is 2.34. The van der Waals surface area contributed by atoms with Crippen LogP contribution in [0.3, 0.4) is 0 Å². The summed E-state index contributed by atoms with van der Waals surface area (Å²) < 4.78 is 24.1. The van der Waals surface area contributed by atoms with E-state index in [4.69, 9.17) is 9.13 Å². The van der Waals surface area contributed by atoms with E-state index >= 15 is 0 Å². The average molecular weight is 460 g/mol. The van der Waals surface area contributed by atoms with Gasteiger partial charge in [0.25, 0.3) is 0 Å². The van der Waals surface area contributed by atoms with Crippen molar-refractivity contribution >= 4 is 40.8 Å². The Labute approximate surface area is 191 Å². The summed E-state index contributed by atoms with van der Waals surface area (Å²) in [6, 6.07) is 18.5. The van der Waals surface area contributed by atoms with E-state index in [1.165, 1.54) is 55.2 Å². The van der Waals surface area contributed by atoms with Gasteiger partial charge < -0.3 is 9.29 Å². The molecule has 1 aliphatic heterocycles. The summed E-state index contributed by atoms with van der Waals surface area (Å²) in [5.41, 5.74) is 2.52. The summed E-state index contributed by atoms with van der Waals surface area (Å²) in [7, 11) is 0. The summed E-state index contributed by atoms with van der Waals surface area (Å²) in [5, 5.41) is 0. The number of nitrogens with zero attached hydrogens (tertiary/aromatic N) is 1. The lowest BCUT2D eigenvalue weighted by atomic mass is 9.90. The molecule has 0 amide bonds. The zero-order chi connectivity index (χ0) is 20.6. The van der Waals surface area contributed by atoms with Crippen LogP contribution in [0.4, 0.5) is 0 Å². The fraction of sp³-hybridized carbons (Fsp3) is 0.458. The van der Waals surface area contributed by atoms with Gasteiger partial charge in [-0.05, 0) is 47.6 Å². The molecule has 2 unspecified atom stereocenters. The Morgan fingerprint density at radius 2 is 1.77 bits per heavy atom. The van der Waals surface area contributed by atoms with Crippen molar-refractivity contribution in [3.63, 3.8) is 0 Å². The van der Waals surface area contributed by atoms with Crippen molar-refractivity contribution in [2.45, 2.75) is 59.5 Å². The minimum Gasteiger partial charge on any atom is -0.615 e. The summed E-state index contributed by atoms with van der Waals surface area (Å²) in [6.07, 6.45) is 7.08. The predicted molar refractivity (Wildman–Crippen MR) is 130 cm³/mol. The molecule has 3 nitrogen and oxygen atoms in total. The van der Waals surface area contributed by atoms with Crippen molar-refractivity contribution < 1.29 is 9.29 Å². The first-order valence-electron chi connectivity index (χ1n) is 10.8. The van der Waals surface area contributed by atoms with Gasteiger partial charge in [-0.15, -0.1) is 11.8 Å². The van der Waals surface area contributed by atoms with E-state index in [1.54, 1.807) is 11.8 Å². The monoisotopic (exact) mass is 459 g/mol. The van der Waals surface area contributed by atoms with E-state index in [0.717, 1.165) is 23.2 Å². The largest absolute Gasteiger partial charge is 0.615 e. The minimum atomic E-state index is -0.941. The molecule has 0 radical (unpaired) electrons. The van der Waals surface area contributed by atoms with Crippen molar-refractivity contribution in [3.05, 3.63) is 65.7 Å². The quantitative estimate of drug-likeness (QED) is 0.211. The van der Waals surface area contributed by atoms with E-state index in [2.05, 4.69) is 30.3 Å². The standard InChI is InChI=1S/C24H29NO2S3/c26-30-18-21-12-8-7-11-20(21)17-28-24(30)15-23(25-29-22-13-5-2-6-14-22)27-16-19-9-3-1-4-10-19/h2,5-8,11-14,19,24H,1,3-4,9-10,15-18H2/b25-23-. The Bertz CT molecular complexity index is 824. The third-order valence-electron chi connectivity index (χ3n) is 5.68. The number of thioether (sulfide) groups is 1. The van der Waals surface area contributed by atoms with Crippen LogP contribution in [0.2, 0.25) is 0 Å². The van der Waals surface area contributed by atoms with Crippen LogP contribution in [-0.4, -0.2) is 21.6 Å². The van der Waals surface area contributed by atoms with E-state index < -0.39 is 11.2 Å². The predicted octanol–water partition coefficient (Wildman–Crippen LogP) is 6.60. The lowest BCUT2D eigenvalue weighted by Gasteiger charge is -2.23. The SMILES string of the molecule is [O-][S+]1Cc2ccccc2CSC1C/C(=N/Sc1ccccc1)OCC1CCCCC1. The van der Waals surface area contributed by atoms with Crippen molar-refractivity contribution in [3.8, 4) is 0 Å². The number of fused-ring (bicyclic) bond motifs is 1. The molecule has 1 saturated carbocycles. The summed E-state index contributed by atoms with van der Waals surface area (Å²) in [4.78, 5) is 1.10. The van der Waals surface area contributed by atoms with Gasteiger partial charge in [0.2, 0.25) is 5.90 Å². The lowest BCUT2D eigenvalue weighted by Crippen LogP contribution is -2.24. The highest BCUT2D eigenvalue weighted by atomic mass is 32.3. The van der Waals surface area contributed by atoms with Crippen molar-refractivity contribution in [1.82, 2.24) is 0 Å². The van der Waals surface area contributed by atoms with Gasteiger partial charge in [0.05, 0.1) is 13.0 Å². The van der Waals surface area contributed by atoms with Gasteiger partial charge in [-0.2, -0.15) is 4.40 Å². The topological polar surface area (TPSA) is 44.7 Å². The van der Waals surface area contributed by atoms with Crippen LogP contribution in [0.25, 0.3) is 0 Å². The molecule has 1 aliphatic carbocycles. The van der Waals surface area contributed by atoms with Gasteiger partial charge in [0.1, 0.15) is 5.75 Å². The van der Waals surface area contributed by atoms with Crippen LogP contribution in [0, 0.1) is 5.92 Å². The smallest absolute Gasteiger partial charge is 0.201 e. The summed E-state index contributed by atoms with van der Waals surface area (Å²) in [6.45, 7) is 0.735. The normalized spacial score (nSPS) is 22.9. The third kappa shape index (κ3) is 6.46. The Kier molecular flexibility index (Phi) is 8.49. The Balaban J connectivity index is 1.42. The molecule has 1 heterocycles. The average Bonchev–Trinajstić information content (AvgIpc) is 2.95. The maximum Gasteiger partial charge on any atom is 0.201 e. The molecule has 1 fully saturated rings. The molecular formula is C24H29NO2S3. The highest BCUT2D eigenvalue weighted by Gasteiger charge is 2.30. The Hall–Kier alpha value is -1.08.